The Morgan fingerprint density at radius 1 is 1.26 bits per heavy atom. The highest BCUT2D eigenvalue weighted by atomic mass is 16.5. The van der Waals surface area contributed by atoms with Crippen LogP contribution in [0.1, 0.15) is 32.8 Å². The summed E-state index contributed by atoms with van der Waals surface area (Å²) in [5.74, 6) is 2.42. The Morgan fingerprint density at radius 3 is 2.63 bits per heavy atom. The van der Waals surface area contributed by atoms with Crippen LogP contribution in [0.5, 0.6) is 0 Å². The molecule has 0 aromatic carbocycles. The molecule has 0 bridgehead atoms. The molecule has 0 saturated heterocycles. The molecule has 0 amide bonds. The zero-order valence-electron chi connectivity index (χ0n) is 12.5. The molecule has 0 aliphatic carbocycles. The maximum atomic E-state index is 5.55. The molecule has 0 atom stereocenters. The molecule has 0 radical (unpaired) electrons. The smallest absolute Gasteiger partial charge is 0.134 e. The number of nitrogens with zero attached hydrogens (tertiary/aromatic N) is 2. The van der Waals surface area contributed by atoms with Crippen molar-refractivity contribution in [2.24, 2.45) is 5.92 Å². The molecule has 1 rings (SSSR count). The number of ether oxygens (including phenoxy) is 1. The zero-order chi connectivity index (χ0) is 14.1. The lowest BCUT2D eigenvalue weighted by molar-refractivity contribution is 0.110. The minimum atomic E-state index is 0.597. The summed E-state index contributed by atoms with van der Waals surface area (Å²) in [5, 5.41) is 6.45. The van der Waals surface area contributed by atoms with E-state index < -0.39 is 0 Å². The van der Waals surface area contributed by atoms with Crippen molar-refractivity contribution < 1.29 is 4.74 Å². The van der Waals surface area contributed by atoms with Crippen LogP contribution in [0.3, 0.4) is 0 Å². The molecule has 2 N–H and O–H groups in total. The average Bonchev–Trinajstić information content (AvgIpc) is 2.41. The lowest BCUT2D eigenvalue weighted by Crippen LogP contribution is -2.12. The minimum absolute atomic E-state index is 0.597. The van der Waals surface area contributed by atoms with E-state index >= 15 is 0 Å². The molecule has 0 unspecified atom stereocenters. The second-order valence-electron chi connectivity index (χ2n) is 4.90. The van der Waals surface area contributed by atoms with Crippen LogP contribution in [-0.4, -0.2) is 36.8 Å². The van der Waals surface area contributed by atoms with Gasteiger partial charge in [-0.1, -0.05) is 20.8 Å². The summed E-state index contributed by atoms with van der Waals surface area (Å²) in [6, 6.07) is 0. The highest BCUT2D eigenvalue weighted by Crippen LogP contribution is 2.19. The van der Waals surface area contributed by atoms with Gasteiger partial charge in [0.15, 0.2) is 0 Å². The molecule has 0 aliphatic rings. The first-order valence-corrected chi connectivity index (χ1v) is 7.02. The monoisotopic (exact) mass is 266 g/mol. The van der Waals surface area contributed by atoms with Crippen molar-refractivity contribution in [2.45, 2.75) is 33.6 Å². The number of hydrogen-bond donors (Lipinski definition) is 2. The molecule has 1 aromatic rings. The fourth-order valence-electron chi connectivity index (χ4n) is 1.82. The molecule has 19 heavy (non-hydrogen) atoms. The topological polar surface area (TPSA) is 59.1 Å². The second kappa shape index (κ2) is 8.69. The molecule has 0 aliphatic heterocycles. The van der Waals surface area contributed by atoms with E-state index in [9.17, 15) is 0 Å². The van der Waals surface area contributed by atoms with Gasteiger partial charge in [-0.15, -0.1) is 0 Å². The summed E-state index contributed by atoms with van der Waals surface area (Å²) in [5.41, 5.74) is 1.13. The van der Waals surface area contributed by atoms with Crippen molar-refractivity contribution >= 4 is 11.6 Å². The Morgan fingerprint density at radius 2 is 2.00 bits per heavy atom. The molecule has 5 nitrogen and oxygen atoms in total. The quantitative estimate of drug-likeness (QED) is 0.673. The standard InChI is InChI=1S/C14H26N4O/c1-5-12-13(15-4)17-10-18-14(12)16-7-6-8-19-9-11(2)3/h10-11H,5-9H2,1-4H3,(H2,15,16,17,18). The highest BCUT2D eigenvalue weighted by Gasteiger charge is 2.07. The summed E-state index contributed by atoms with van der Waals surface area (Å²) in [7, 11) is 1.88. The van der Waals surface area contributed by atoms with Crippen LogP contribution >= 0.6 is 0 Å². The normalized spacial score (nSPS) is 10.8. The van der Waals surface area contributed by atoms with E-state index in [4.69, 9.17) is 4.74 Å². The predicted molar refractivity (Wildman–Crippen MR) is 79.7 cm³/mol. The number of rotatable bonds is 9. The van der Waals surface area contributed by atoms with Crippen LogP contribution in [0, 0.1) is 5.92 Å². The van der Waals surface area contributed by atoms with Gasteiger partial charge >= 0.3 is 0 Å². The van der Waals surface area contributed by atoms with E-state index in [2.05, 4.69) is 41.4 Å². The highest BCUT2D eigenvalue weighted by molar-refractivity contribution is 5.56. The van der Waals surface area contributed by atoms with Crippen molar-refractivity contribution in [3.63, 3.8) is 0 Å². The van der Waals surface area contributed by atoms with E-state index in [0.29, 0.717) is 5.92 Å². The summed E-state index contributed by atoms with van der Waals surface area (Å²) in [4.78, 5) is 8.52. The largest absolute Gasteiger partial charge is 0.381 e. The average molecular weight is 266 g/mol. The lowest BCUT2D eigenvalue weighted by atomic mass is 10.2. The maximum absolute atomic E-state index is 5.55. The number of hydrogen-bond acceptors (Lipinski definition) is 5. The Labute approximate surface area is 116 Å². The Kier molecular flexibility index (Phi) is 7.18. The third-order valence-electron chi connectivity index (χ3n) is 2.74. The van der Waals surface area contributed by atoms with Crippen LogP contribution in [0.2, 0.25) is 0 Å². The number of nitrogens with one attached hydrogen (secondary N) is 2. The van der Waals surface area contributed by atoms with E-state index in [1.165, 1.54) is 0 Å². The van der Waals surface area contributed by atoms with E-state index in [-0.39, 0.29) is 0 Å². The summed E-state index contributed by atoms with van der Waals surface area (Å²) >= 11 is 0. The third kappa shape index (κ3) is 5.42. The first-order valence-electron chi connectivity index (χ1n) is 7.02. The van der Waals surface area contributed by atoms with E-state index in [1.54, 1.807) is 6.33 Å². The Balaban J connectivity index is 2.37. The van der Waals surface area contributed by atoms with Gasteiger partial charge in [0, 0.05) is 32.4 Å². The van der Waals surface area contributed by atoms with Crippen LogP contribution in [0.25, 0.3) is 0 Å². The zero-order valence-corrected chi connectivity index (χ0v) is 12.5. The summed E-state index contributed by atoms with van der Waals surface area (Å²) < 4.78 is 5.55. The molecule has 1 aromatic heterocycles. The second-order valence-corrected chi connectivity index (χ2v) is 4.90. The van der Waals surface area contributed by atoms with Crippen LogP contribution < -0.4 is 10.6 Å². The number of anilines is 2. The van der Waals surface area contributed by atoms with Gasteiger partial charge in [-0.2, -0.15) is 0 Å². The Bertz CT molecular complexity index is 368. The third-order valence-corrected chi connectivity index (χ3v) is 2.74. The van der Waals surface area contributed by atoms with Crippen LogP contribution in [-0.2, 0) is 11.2 Å². The van der Waals surface area contributed by atoms with Gasteiger partial charge < -0.3 is 15.4 Å². The molecule has 0 fully saturated rings. The number of aromatic nitrogens is 2. The first kappa shape index (κ1) is 15.7. The maximum Gasteiger partial charge on any atom is 0.134 e. The molecule has 5 heteroatoms. The van der Waals surface area contributed by atoms with Crippen molar-refractivity contribution in [1.29, 1.82) is 0 Å². The first-order chi connectivity index (χ1) is 9.19. The summed E-state index contributed by atoms with van der Waals surface area (Å²) in [6.45, 7) is 8.91. The van der Waals surface area contributed by atoms with Gasteiger partial charge in [-0.25, -0.2) is 9.97 Å². The van der Waals surface area contributed by atoms with Gasteiger partial charge in [0.2, 0.25) is 0 Å². The van der Waals surface area contributed by atoms with Gasteiger partial charge in [-0.3, -0.25) is 0 Å². The van der Waals surface area contributed by atoms with Crippen molar-refractivity contribution in [1.82, 2.24) is 9.97 Å². The lowest BCUT2D eigenvalue weighted by Gasteiger charge is -2.13. The minimum Gasteiger partial charge on any atom is -0.381 e. The van der Waals surface area contributed by atoms with Crippen molar-refractivity contribution in [2.75, 3.05) is 37.4 Å². The van der Waals surface area contributed by atoms with Crippen molar-refractivity contribution in [3.05, 3.63) is 11.9 Å². The van der Waals surface area contributed by atoms with Crippen molar-refractivity contribution in [3.8, 4) is 0 Å². The van der Waals surface area contributed by atoms with E-state index in [0.717, 1.165) is 49.8 Å². The fourth-order valence-corrected chi connectivity index (χ4v) is 1.82. The van der Waals surface area contributed by atoms with Gasteiger partial charge in [-0.05, 0) is 18.8 Å². The van der Waals surface area contributed by atoms with E-state index in [1.807, 2.05) is 7.05 Å². The van der Waals surface area contributed by atoms with Gasteiger partial charge in [0.25, 0.3) is 0 Å². The van der Waals surface area contributed by atoms with Crippen LogP contribution in [0.4, 0.5) is 11.6 Å². The molecular formula is C14H26N4O. The Hall–Kier alpha value is -1.36. The fraction of sp³-hybridized carbons (Fsp3) is 0.714. The van der Waals surface area contributed by atoms with Crippen LogP contribution in [0.15, 0.2) is 6.33 Å². The molecule has 0 spiro atoms. The molecule has 108 valence electrons. The molecule has 0 saturated carbocycles. The SMILES string of the molecule is CCc1c(NC)ncnc1NCCCOCC(C)C. The predicted octanol–water partition coefficient (Wildman–Crippen LogP) is 2.56. The molecule has 1 heterocycles. The van der Waals surface area contributed by atoms with Gasteiger partial charge in [0.05, 0.1) is 0 Å². The molecular weight excluding hydrogens is 240 g/mol. The van der Waals surface area contributed by atoms with Gasteiger partial charge in [0.1, 0.15) is 18.0 Å². The summed E-state index contributed by atoms with van der Waals surface area (Å²) in [6.07, 6.45) is 3.47.